The van der Waals surface area contributed by atoms with Crippen LogP contribution < -0.4 is 0 Å². The number of nitrogens with zero attached hydrogens (tertiary/aromatic N) is 5. The molecular weight excluding hydrogens is 683 g/mol. The third-order valence-electron chi connectivity index (χ3n) is 11.3. The molecule has 1 aliphatic carbocycles. The standard InChI is InChI=1S/C51H31N5/c1-4-16-32(17-5-1)49-52-50(33-18-6-2-7-19-33)54-51(53-49)40-31-45-48-46-34(20-14-25-38(40)46)30-44(56-41-27-12-10-23-36(41)37-24-11-13-28-42(37)56)39-26-15-29-43(47(39)48)55(45)35-21-8-3-9-22-35/h1-31H. The van der Waals surface area contributed by atoms with Crippen LogP contribution in [0.3, 0.4) is 0 Å². The monoisotopic (exact) mass is 713 g/mol. The Morgan fingerprint density at radius 3 is 1.54 bits per heavy atom. The second kappa shape index (κ2) is 11.9. The minimum Gasteiger partial charge on any atom is -0.309 e. The fraction of sp³-hybridized carbons (Fsp3) is 0. The summed E-state index contributed by atoms with van der Waals surface area (Å²) < 4.78 is 4.88. The molecule has 0 atom stereocenters. The van der Waals surface area contributed by atoms with Crippen molar-refractivity contribution in [2.75, 3.05) is 0 Å². The van der Waals surface area contributed by atoms with E-state index in [4.69, 9.17) is 15.0 Å². The number of rotatable bonds is 5. The van der Waals surface area contributed by atoms with E-state index in [-0.39, 0.29) is 0 Å². The van der Waals surface area contributed by atoms with Gasteiger partial charge in [0.05, 0.1) is 27.8 Å². The molecule has 3 aromatic heterocycles. The Hall–Kier alpha value is -7.63. The lowest BCUT2D eigenvalue weighted by molar-refractivity contribution is 1.08. The fourth-order valence-electron chi connectivity index (χ4n) is 8.93. The Morgan fingerprint density at radius 1 is 0.339 bits per heavy atom. The van der Waals surface area contributed by atoms with Crippen molar-refractivity contribution in [2.45, 2.75) is 0 Å². The first kappa shape index (κ1) is 30.8. The molecular formula is C51H31N5. The van der Waals surface area contributed by atoms with Gasteiger partial charge in [0.25, 0.3) is 0 Å². The maximum absolute atomic E-state index is 5.25. The van der Waals surface area contributed by atoms with Gasteiger partial charge in [0.15, 0.2) is 17.5 Å². The van der Waals surface area contributed by atoms with Gasteiger partial charge in [-0.2, -0.15) is 0 Å². The van der Waals surface area contributed by atoms with Gasteiger partial charge in [-0.15, -0.1) is 0 Å². The second-order valence-electron chi connectivity index (χ2n) is 14.4. The molecule has 260 valence electrons. The van der Waals surface area contributed by atoms with Crippen LogP contribution in [0.1, 0.15) is 11.1 Å². The van der Waals surface area contributed by atoms with E-state index in [1.807, 2.05) is 36.4 Å². The minimum absolute atomic E-state index is 0.637. The topological polar surface area (TPSA) is 48.5 Å². The van der Waals surface area contributed by atoms with Gasteiger partial charge in [0, 0.05) is 49.5 Å². The summed E-state index contributed by atoms with van der Waals surface area (Å²) in [4.78, 5) is 15.5. The van der Waals surface area contributed by atoms with Gasteiger partial charge in [-0.3, -0.25) is 0 Å². The lowest BCUT2D eigenvalue weighted by Gasteiger charge is -2.16. The molecule has 0 fully saturated rings. The van der Waals surface area contributed by atoms with Crippen LogP contribution >= 0.6 is 0 Å². The van der Waals surface area contributed by atoms with E-state index in [0.29, 0.717) is 17.5 Å². The SMILES string of the molecule is C1=C(n2c3ccccc3c3ccccc32)c2cccc3c2c2c4c1cccc4c(-c1nc(-c4ccccc4)nc(-c4ccccc4)n1)cc2n3-c1ccccc1. The van der Waals surface area contributed by atoms with Gasteiger partial charge in [0.2, 0.25) is 0 Å². The summed E-state index contributed by atoms with van der Waals surface area (Å²) in [7, 11) is 0. The van der Waals surface area contributed by atoms with Crippen LogP contribution in [-0.2, 0) is 0 Å². The third-order valence-corrected chi connectivity index (χ3v) is 11.3. The van der Waals surface area contributed by atoms with E-state index >= 15 is 0 Å². The lowest BCUT2D eigenvalue weighted by atomic mass is 9.95. The zero-order valence-electron chi connectivity index (χ0n) is 30.1. The Labute approximate surface area is 322 Å². The first-order valence-corrected chi connectivity index (χ1v) is 19.0. The second-order valence-corrected chi connectivity index (χ2v) is 14.4. The molecule has 0 amide bonds. The average Bonchev–Trinajstić information content (AvgIpc) is 3.74. The van der Waals surface area contributed by atoms with Crippen molar-refractivity contribution in [1.29, 1.82) is 0 Å². The normalized spacial score (nSPS) is 12.4. The van der Waals surface area contributed by atoms with Crippen LogP contribution in [0.25, 0.3) is 106 Å². The Morgan fingerprint density at radius 2 is 0.875 bits per heavy atom. The van der Waals surface area contributed by atoms with Crippen molar-refractivity contribution in [1.82, 2.24) is 24.1 Å². The van der Waals surface area contributed by atoms with Crippen molar-refractivity contribution in [2.24, 2.45) is 0 Å². The highest BCUT2D eigenvalue weighted by Crippen LogP contribution is 2.48. The summed E-state index contributed by atoms with van der Waals surface area (Å²) in [5, 5.41) is 7.21. The van der Waals surface area contributed by atoms with Crippen LogP contribution in [0.2, 0.25) is 0 Å². The summed E-state index contributed by atoms with van der Waals surface area (Å²) in [6.07, 6.45) is 2.39. The average molecular weight is 714 g/mol. The minimum atomic E-state index is 0.637. The maximum Gasteiger partial charge on any atom is 0.164 e. The van der Waals surface area contributed by atoms with Gasteiger partial charge in [-0.1, -0.05) is 146 Å². The molecule has 12 rings (SSSR count). The van der Waals surface area contributed by atoms with E-state index in [9.17, 15) is 0 Å². The van der Waals surface area contributed by atoms with Crippen LogP contribution in [0.15, 0.2) is 182 Å². The summed E-state index contributed by atoms with van der Waals surface area (Å²) in [5.41, 5.74) is 12.0. The van der Waals surface area contributed by atoms with E-state index in [1.165, 1.54) is 43.5 Å². The quantitative estimate of drug-likeness (QED) is 0.178. The van der Waals surface area contributed by atoms with Crippen LogP contribution in [-0.4, -0.2) is 24.1 Å². The molecule has 0 saturated carbocycles. The number of para-hydroxylation sites is 3. The summed E-state index contributed by atoms with van der Waals surface area (Å²) in [6.45, 7) is 0. The molecule has 56 heavy (non-hydrogen) atoms. The van der Waals surface area contributed by atoms with Crippen molar-refractivity contribution in [3.63, 3.8) is 0 Å². The number of hydrogen-bond donors (Lipinski definition) is 0. The smallest absolute Gasteiger partial charge is 0.164 e. The zero-order chi connectivity index (χ0) is 36.7. The van der Waals surface area contributed by atoms with Crippen LogP contribution in [0, 0.1) is 0 Å². The fourth-order valence-corrected chi connectivity index (χ4v) is 8.93. The first-order chi connectivity index (χ1) is 27.8. The largest absolute Gasteiger partial charge is 0.309 e. The number of benzene rings is 8. The number of aromatic nitrogens is 5. The highest BCUT2D eigenvalue weighted by molar-refractivity contribution is 6.30. The van der Waals surface area contributed by atoms with Gasteiger partial charge in [-0.05, 0) is 58.8 Å². The Kier molecular flexibility index (Phi) is 6.56. The summed E-state index contributed by atoms with van der Waals surface area (Å²) in [6, 6.07) is 64.3. The highest BCUT2D eigenvalue weighted by Gasteiger charge is 2.27. The molecule has 1 aliphatic rings. The molecule has 0 bridgehead atoms. The number of hydrogen-bond acceptors (Lipinski definition) is 3. The van der Waals surface area contributed by atoms with E-state index < -0.39 is 0 Å². The maximum atomic E-state index is 5.25. The van der Waals surface area contributed by atoms with Crippen molar-refractivity contribution in [3.8, 4) is 39.9 Å². The Bertz CT molecular complexity index is 3280. The van der Waals surface area contributed by atoms with Gasteiger partial charge in [-0.25, -0.2) is 15.0 Å². The van der Waals surface area contributed by atoms with Crippen molar-refractivity contribution < 1.29 is 0 Å². The van der Waals surface area contributed by atoms with E-state index in [0.717, 1.165) is 50.1 Å². The molecule has 0 aliphatic heterocycles. The van der Waals surface area contributed by atoms with Crippen LogP contribution in [0.4, 0.5) is 0 Å². The molecule has 0 unspecified atom stereocenters. The van der Waals surface area contributed by atoms with E-state index in [2.05, 4.69) is 161 Å². The van der Waals surface area contributed by atoms with Crippen molar-refractivity contribution >= 4 is 66.2 Å². The van der Waals surface area contributed by atoms with Gasteiger partial charge < -0.3 is 9.13 Å². The molecule has 0 radical (unpaired) electrons. The lowest BCUT2D eigenvalue weighted by Crippen LogP contribution is -2.02. The molecule has 5 heteroatoms. The van der Waals surface area contributed by atoms with Crippen LogP contribution in [0.5, 0.6) is 0 Å². The first-order valence-electron chi connectivity index (χ1n) is 19.0. The summed E-state index contributed by atoms with van der Waals surface area (Å²) >= 11 is 0. The predicted octanol–water partition coefficient (Wildman–Crippen LogP) is 12.6. The van der Waals surface area contributed by atoms with E-state index in [1.54, 1.807) is 0 Å². The molecule has 5 nitrogen and oxygen atoms in total. The third kappa shape index (κ3) is 4.46. The molecule has 0 N–H and O–H groups in total. The highest BCUT2D eigenvalue weighted by atomic mass is 15.0. The van der Waals surface area contributed by atoms with Gasteiger partial charge >= 0.3 is 0 Å². The number of fused-ring (bicyclic) bond motifs is 3. The zero-order valence-corrected chi connectivity index (χ0v) is 30.1. The predicted molar refractivity (Wildman–Crippen MR) is 231 cm³/mol. The Balaban J connectivity index is 1.25. The van der Waals surface area contributed by atoms with Crippen molar-refractivity contribution in [3.05, 3.63) is 193 Å². The van der Waals surface area contributed by atoms with Gasteiger partial charge in [0.1, 0.15) is 0 Å². The molecule has 3 heterocycles. The summed E-state index contributed by atoms with van der Waals surface area (Å²) in [5.74, 6) is 1.92. The molecule has 0 saturated heterocycles. The molecule has 11 aromatic rings. The molecule has 8 aromatic carbocycles. The molecule has 0 spiro atoms.